The van der Waals surface area contributed by atoms with E-state index in [4.69, 9.17) is 4.74 Å². The van der Waals surface area contributed by atoms with Gasteiger partial charge < -0.3 is 10.1 Å². The van der Waals surface area contributed by atoms with Crippen molar-refractivity contribution in [1.29, 1.82) is 0 Å². The van der Waals surface area contributed by atoms with Gasteiger partial charge in [-0.25, -0.2) is 0 Å². The number of hydrogen-bond donors (Lipinski definition) is 1. The van der Waals surface area contributed by atoms with Crippen molar-refractivity contribution >= 4 is 5.69 Å². The summed E-state index contributed by atoms with van der Waals surface area (Å²) < 4.78 is 5.91. The highest BCUT2D eigenvalue weighted by Gasteiger charge is 2.38. The van der Waals surface area contributed by atoms with E-state index in [0.29, 0.717) is 17.9 Å². The van der Waals surface area contributed by atoms with Gasteiger partial charge in [-0.15, -0.1) is 0 Å². The molecule has 0 radical (unpaired) electrons. The molecule has 2 heteroatoms. The third kappa shape index (κ3) is 2.60. The zero-order valence-electron chi connectivity index (χ0n) is 14.6. The van der Waals surface area contributed by atoms with Gasteiger partial charge in [-0.3, -0.25) is 0 Å². The molecule has 124 valence electrons. The zero-order chi connectivity index (χ0) is 16.7. The highest BCUT2D eigenvalue weighted by Crippen LogP contribution is 2.50. The first-order valence-electron chi connectivity index (χ1n) is 8.93. The van der Waals surface area contributed by atoms with E-state index in [2.05, 4.69) is 80.7 Å². The largest absolute Gasteiger partial charge is 0.491 e. The lowest BCUT2D eigenvalue weighted by Gasteiger charge is -2.38. The summed E-state index contributed by atoms with van der Waals surface area (Å²) in [4.78, 5) is 0. The van der Waals surface area contributed by atoms with E-state index < -0.39 is 0 Å². The molecular weight excluding hydrogens is 294 g/mol. The van der Waals surface area contributed by atoms with Gasteiger partial charge in [0.2, 0.25) is 0 Å². The number of benzene rings is 2. The van der Waals surface area contributed by atoms with Gasteiger partial charge in [0.15, 0.2) is 0 Å². The van der Waals surface area contributed by atoms with E-state index in [1.165, 1.54) is 22.4 Å². The second-order valence-electron chi connectivity index (χ2n) is 7.25. The Balaban J connectivity index is 1.74. The smallest absolute Gasteiger partial charge is 0.120 e. The van der Waals surface area contributed by atoms with Crippen LogP contribution in [0.15, 0.2) is 54.6 Å². The van der Waals surface area contributed by atoms with Crippen molar-refractivity contribution in [3.63, 3.8) is 0 Å². The maximum atomic E-state index is 5.91. The highest BCUT2D eigenvalue weighted by molar-refractivity contribution is 5.62. The van der Waals surface area contributed by atoms with Crippen molar-refractivity contribution in [3.05, 3.63) is 71.3 Å². The van der Waals surface area contributed by atoms with Crippen molar-refractivity contribution in [2.45, 2.75) is 45.3 Å². The molecule has 1 aliphatic carbocycles. The maximum absolute atomic E-state index is 5.91. The lowest BCUT2D eigenvalue weighted by atomic mass is 9.76. The quantitative estimate of drug-likeness (QED) is 0.743. The molecule has 0 bridgehead atoms. The molecule has 0 saturated carbocycles. The molecule has 3 unspecified atom stereocenters. The van der Waals surface area contributed by atoms with E-state index in [0.717, 1.165) is 12.2 Å². The number of rotatable bonds is 3. The summed E-state index contributed by atoms with van der Waals surface area (Å²) in [6.07, 6.45) is 6.06. The molecule has 1 heterocycles. The molecule has 0 aromatic heterocycles. The Hall–Kier alpha value is -2.22. The van der Waals surface area contributed by atoms with Crippen LogP contribution >= 0.6 is 0 Å². The number of anilines is 1. The Morgan fingerprint density at radius 2 is 1.92 bits per heavy atom. The summed E-state index contributed by atoms with van der Waals surface area (Å²) >= 11 is 0. The Morgan fingerprint density at radius 3 is 2.71 bits per heavy atom. The molecule has 1 aliphatic heterocycles. The maximum Gasteiger partial charge on any atom is 0.120 e. The Morgan fingerprint density at radius 1 is 1.08 bits per heavy atom. The average molecular weight is 319 g/mol. The molecule has 4 rings (SSSR count). The third-order valence-electron chi connectivity index (χ3n) is 5.23. The number of ether oxygens (including phenoxy) is 1. The first-order valence-corrected chi connectivity index (χ1v) is 8.93. The number of hydrogen-bond acceptors (Lipinski definition) is 2. The number of fused-ring (bicyclic) bond motifs is 3. The molecule has 0 amide bonds. The molecule has 24 heavy (non-hydrogen) atoms. The minimum Gasteiger partial charge on any atom is -0.491 e. The van der Waals surface area contributed by atoms with Crippen molar-refractivity contribution < 1.29 is 4.74 Å². The molecule has 2 aromatic rings. The molecule has 0 spiro atoms. The minimum absolute atomic E-state index is 0.203. The average Bonchev–Trinajstić information content (AvgIpc) is 3.04. The number of allylic oxidation sites excluding steroid dienone is 2. The Labute approximate surface area is 144 Å². The first kappa shape index (κ1) is 15.3. The van der Waals surface area contributed by atoms with Crippen LogP contribution in [0.5, 0.6) is 5.75 Å². The predicted octanol–water partition coefficient (Wildman–Crippen LogP) is 5.61. The summed E-state index contributed by atoms with van der Waals surface area (Å²) in [6.45, 7) is 6.36. The molecule has 2 nitrogen and oxygen atoms in total. The lowest BCUT2D eigenvalue weighted by molar-refractivity contribution is 0.242. The first-order chi connectivity index (χ1) is 11.6. The molecular formula is C22H25NO. The summed E-state index contributed by atoms with van der Waals surface area (Å²) in [7, 11) is 0. The normalized spacial score (nSPS) is 24.4. The van der Waals surface area contributed by atoms with Gasteiger partial charge in [-0.1, -0.05) is 36.4 Å². The van der Waals surface area contributed by atoms with Gasteiger partial charge in [0.05, 0.1) is 12.1 Å². The fraction of sp³-hybridized carbons (Fsp3) is 0.364. The van der Waals surface area contributed by atoms with Crippen LogP contribution < -0.4 is 10.1 Å². The van der Waals surface area contributed by atoms with Gasteiger partial charge in [0.25, 0.3) is 0 Å². The van der Waals surface area contributed by atoms with E-state index >= 15 is 0 Å². The van der Waals surface area contributed by atoms with Gasteiger partial charge >= 0.3 is 0 Å². The summed E-state index contributed by atoms with van der Waals surface area (Å²) in [5.74, 6) is 2.02. The Kier molecular flexibility index (Phi) is 3.84. The monoisotopic (exact) mass is 319 g/mol. The topological polar surface area (TPSA) is 21.3 Å². The molecule has 1 N–H and O–H groups in total. The van der Waals surface area contributed by atoms with Crippen molar-refractivity contribution in [1.82, 2.24) is 0 Å². The summed E-state index contributed by atoms with van der Waals surface area (Å²) in [5, 5.41) is 3.81. The second kappa shape index (κ2) is 6.01. The van der Waals surface area contributed by atoms with E-state index in [1.807, 2.05) is 0 Å². The van der Waals surface area contributed by atoms with E-state index in [9.17, 15) is 0 Å². The predicted molar refractivity (Wildman–Crippen MR) is 99.7 cm³/mol. The van der Waals surface area contributed by atoms with Crippen LogP contribution in [0.3, 0.4) is 0 Å². The van der Waals surface area contributed by atoms with Crippen LogP contribution in [-0.4, -0.2) is 6.10 Å². The van der Waals surface area contributed by atoms with Gasteiger partial charge in [-0.05, 0) is 68.0 Å². The van der Waals surface area contributed by atoms with Crippen LogP contribution in [0.4, 0.5) is 5.69 Å². The lowest BCUT2D eigenvalue weighted by Crippen LogP contribution is -2.29. The van der Waals surface area contributed by atoms with Crippen molar-refractivity contribution in [2.24, 2.45) is 5.92 Å². The molecule has 0 saturated heterocycles. The number of aryl methyl sites for hydroxylation is 1. The van der Waals surface area contributed by atoms with Crippen LogP contribution in [0, 0.1) is 12.8 Å². The SMILES string of the molecule is Cc1ccccc1C1Nc2ccc(OC(C)C)cc2C2C=CCC21. The van der Waals surface area contributed by atoms with Gasteiger partial charge in [-0.2, -0.15) is 0 Å². The summed E-state index contributed by atoms with van der Waals surface area (Å²) in [6, 6.07) is 15.6. The summed E-state index contributed by atoms with van der Waals surface area (Å²) in [5.41, 5.74) is 5.40. The van der Waals surface area contributed by atoms with Crippen LogP contribution in [0.25, 0.3) is 0 Å². The zero-order valence-corrected chi connectivity index (χ0v) is 14.6. The van der Waals surface area contributed by atoms with Crippen LogP contribution in [-0.2, 0) is 0 Å². The number of nitrogens with one attached hydrogen (secondary N) is 1. The second-order valence-corrected chi connectivity index (χ2v) is 7.25. The van der Waals surface area contributed by atoms with Crippen LogP contribution in [0.1, 0.15) is 48.9 Å². The fourth-order valence-corrected chi connectivity index (χ4v) is 4.16. The molecule has 2 aromatic carbocycles. The highest BCUT2D eigenvalue weighted by atomic mass is 16.5. The van der Waals surface area contributed by atoms with Crippen LogP contribution in [0.2, 0.25) is 0 Å². The van der Waals surface area contributed by atoms with Gasteiger partial charge in [0.1, 0.15) is 5.75 Å². The third-order valence-corrected chi connectivity index (χ3v) is 5.23. The van der Waals surface area contributed by atoms with Gasteiger partial charge in [0, 0.05) is 11.6 Å². The Bertz CT molecular complexity index is 777. The molecule has 2 aliphatic rings. The van der Waals surface area contributed by atoms with Crippen molar-refractivity contribution in [2.75, 3.05) is 5.32 Å². The molecule has 3 atom stereocenters. The standard InChI is InChI=1S/C22H25NO/c1-14(2)24-16-11-12-21-20(13-16)18-9-6-10-19(18)22(23-21)17-8-5-4-7-15(17)3/h4-9,11-14,18-19,22-23H,10H2,1-3H3. The van der Waals surface area contributed by atoms with E-state index in [-0.39, 0.29) is 6.10 Å². The van der Waals surface area contributed by atoms with Crippen molar-refractivity contribution in [3.8, 4) is 5.75 Å². The van der Waals surface area contributed by atoms with E-state index in [1.54, 1.807) is 0 Å². The fourth-order valence-electron chi connectivity index (χ4n) is 4.16. The molecule has 0 fully saturated rings. The minimum atomic E-state index is 0.203.